The molecule has 1 fully saturated rings. The van der Waals surface area contributed by atoms with Crippen LogP contribution < -0.4 is 5.32 Å². The zero-order chi connectivity index (χ0) is 22.6. The molecule has 2 amide bonds. The number of amides is 2. The van der Waals surface area contributed by atoms with Gasteiger partial charge < -0.3 is 15.2 Å². The van der Waals surface area contributed by atoms with Crippen molar-refractivity contribution in [2.75, 3.05) is 32.0 Å². The van der Waals surface area contributed by atoms with E-state index in [1.807, 2.05) is 26.0 Å². The maximum Gasteiger partial charge on any atom is 0.270 e. The SMILES string of the molecule is Cc1ccc(NC(=O)CN(C)S(=O)(=O)c2c[nH]c(C(=O)N3CCCCCC3)c2)c(C)c1. The summed E-state index contributed by atoms with van der Waals surface area (Å²) in [4.78, 5) is 29.6. The number of aromatic amines is 1. The summed E-state index contributed by atoms with van der Waals surface area (Å²) in [5.74, 6) is -0.631. The van der Waals surface area contributed by atoms with Gasteiger partial charge in [0.05, 0.1) is 6.54 Å². The Kier molecular flexibility index (Phi) is 7.17. The van der Waals surface area contributed by atoms with Crippen molar-refractivity contribution in [2.24, 2.45) is 0 Å². The molecule has 0 saturated carbocycles. The fourth-order valence-electron chi connectivity index (χ4n) is 3.70. The first kappa shape index (κ1) is 23.0. The van der Waals surface area contributed by atoms with Crippen LogP contribution in [0.25, 0.3) is 0 Å². The lowest BCUT2D eigenvalue weighted by atomic mass is 10.1. The van der Waals surface area contributed by atoms with Gasteiger partial charge >= 0.3 is 0 Å². The number of rotatable bonds is 6. The highest BCUT2D eigenvalue weighted by Crippen LogP contribution is 2.19. The minimum Gasteiger partial charge on any atom is -0.356 e. The standard InChI is InChI=1S/C22H30N4O4S/c1-16-8-9-19(17(2)12-16)24-21(27)15-25(3)31(29,30)18-13-20(23-14-18)22(28)26-10-6-4-5-7-11-26/h8-9,12-14,23H,4-7,10-11,15H2,1-3H3,(H,24,27). The van der Waals surface area contributed by atoms with Crippen LogP contribution in [0.5, 0.6) is 0 Å². The number of carbonyl (C=O) groups excluding carboxylic acids is 2. The molecule has 168 valence electrons. The number of anilines is 1. The number of aromatic nitrogens is 1. The third-order valence-electron chi connectivity index (χ3n) is 5.51. The molecule has 2 N–H and O–H groups in total. The predicted octanol–water partition coefficient (Wildman–Crippen LogP) is 2.91. The van der Waals surface area contributed by atoms with E-state index in [1.54, 1.807) is 11.0 Å². The fraction of sp³-hybridized carbons (Fsp3) is 0.455. The summed E-state index contributed by atoms with van der Waals surface area (Å²) in [6.45, 7) is 4.86. The van der Waals surface area contributed by atoms with Crippen LogP contribution in [0.15, 0.2) is 35.4 Å². The molecule has 9 heteroatoms. The van der Waals surface area contributed by atoms with Crippen molar-refractivity contribution in [3.63, 3.8) is 0 Å². The number of likely N-dealkylation sites (tertiary alicyclic amines) is 1. The van der Waals surface area contributed by atoms with Gasteiger partial charge in [0.25, 0.3) is 5.91 Å². The van der Waals surface area contributed by atoms with E-state index in [-0.39, 0.29) is 23.0 Å². The lowest BCUT2D eigenvalue weighted by molar-refractivity contribution is -0.116. The first-order valence-electron chi connectivity index (χ1n) is 10.5. The molecule has 1 aromatic carbocycles. The van der Waals surface area contributed by atoms with E-state index < -0.39 is 15.9 Å². The minimum absolute atomic E-state index is 0.0347. The van der Waals surface area contributed by atoms with Gasteiger partial charge in [0, 0.05) is 32.0 Å². The van der Waals surface area contributed by atoms with E-state index in [4.69, 9.17) is 0 Å². The van der Waals surface area contributed by atoms with E-state index in [0.717, 1.165) is 41.1 Å². The van der Waals surface area contributed by atoms with E-state index in [0.29, 0.717) is 18.8 Å². The lowest BCUT2D eigenvalue weighted by Gasteiger charge is -2.19. The number of benzene rings is 1. The summed E-state index contributed by atoms with van der Waals surface area (Å²) in [6.07, 6.45) is 5.41. The van der Waals surface area contributed by atoms with Gasteiger partial charge in [-0.1, -0.05) is 30.5 Å². The molecule has 1 saturated heterocycles. The van der Waals surface area contributed by atoms with Crippen molar-refractivity contribution in [2.45, 2.75) is 44.4 Å². The van der Waals surface area contributed by atoms with Gasteiger partial charge in [0.2, 0.25) is 15.9 Å². The van der Waals surface area contributed by atoms with Crippen LogP contribution in [0.1, 0.15) is 47.3 Å². The van der Waals surface area contributed by atoms with Gasteiger partial charge in [-0.15, -0.1) is 0 Å². The first-order valence-corrected chi connectivity index (χ1v) is 11.9. The van der Waals surface area contributed by atoms with Crippen molar-refractivity contribution in [3.8, 4) is 0 Å². The van der Waals surface area contributed by atoms with Crippen LogP contribution in [0, 0.1) is 13.8 Å². The highest BCUT2D eigenvalue weighted by molar-refractivity contribution is 7.89. The third-order valence-corrected chi connectivity index (χ3v) is 7.29. The summed E-state index contributed by atoms with van der Waals surface area (Å²) in [5, 5.41) is 2.75. The lowest BCUT2D eigenvalue weighted by Crippen LogP contribution is -2.35. The van der Waals surface area contributed by atoms with E-state index in [9.17, 15) is 18.0 Å². The second-order valence-electron chi connectivity index (χ2n) is 8.08. The monoisotopic (exact) mass is 446 g/mol. The normalized spacial score (nSPS) is 15.0. The number of carbonyl (C=O) groups is 2. The average Bonchev–Trinajstić information content (AvgIpc) is 3.06. The molecule has 0 aliphatic carbocycles. The average molecular weight is 447 g/mol. The predicted molar refractivity (Wildman–Crippen MR) is 120 cm³/mol. The Hall–Kier alpha value is -2.65. The smallest absolute Gasteiger partial charge is 0.270 e. The van der Waals surface area contributed by atoms with Crippen molar-refractivity contribution in [1.29, 1.82) is 0 Å². The molecule has 1 aliphatic heterocycles. The van der Waals surface area contributed by atoms with Crippen molar-refractivity contribution >= 4 is 27.5 Å². The van der Waals surface area contributed by atoms with Gasteiger partial charge in [-0.25, -0.2) is 8.42 Å². The second kappa shape index (κ2) is 9.65. The molecule has 0 spiro atoms. The molecule has 3 rings (SSSR count). The van der Waals surface area contributed by atoms with Crippen LogP contribution in [-0.4, -0.2) is 61.1 Å². The molecule has 0 bridgehead atoms. The number of H-pyrrole nitrogens is 1. The molecule has 1 aliphatic rings. The van der Waals surface area contributed by atoms with E-state index >= 15 is 0 Å². The molecule has 31 heavy (non-hydrogen) atoms. The molecule has 0 unspecified atom stereocenters. The number of likely N-dealkylation sites (N-methyl/N-ethyl adjacent to an activating group) is 1. The third kappa shape index (κ3) is 5.54. The van der Waals surface area contributed by atoms with Gasteiger partial charge in [-0.2, -0.15) is 4.31 Å². The molecule has 1 aromatic heterocycles. The fourth-order valence-corrected chi connectivity index (χ4v) is 4.82. The molecule has 8 nitrogen and oxygen atoms in total. The highest BCUT2D eigenvalue weighted by atomic mass is 32.2. The van der Waals surface area contributed by atoms with Crippen LogP contribution in [0.4, 0.5) is 5.69 Å². The van der Waals surface area contributed by atoms with Crippen LogP contribution in [-0.2, 0) is 14.8 Å². The van der Waals surface area contributed by atoms with E-state index in [1.165, 1.54) is 19.3 Å². The first-order chi connectivity index (χ1) is 14.7. The topological polar surface area (TPSA) is 103 Å². The van der Waals surface area contributed by atoms with Crippen LogP contribution in [0.3, 0.4) is 0 Å². The molecular formula is C22H30N4O4S. The summed E-state index contributed by atoms with van der Waals surface area (Å²) < 4.78 is 26.8. The molecule has 0 radical (unpaired) electrons. The Bertz CT molecular complexity index is 1050. The highest BCUT2D eigenvalue weighted by Gasteiger charge is 2.27. The van der Waals surface area contributed by atoms with Gasteiger partial charge in [-0.05, 0) is 44.4 Å². The Morgan fingerprint density at radius 2 is 1.77 bits per heavy atom. The summed E-state index contributed by atoms with van der Waals surface area (Å²) in [6, 6.07) is 6.97. The zero-order valence-corrected chi connectivity index (χ0v) is 19.1. The maximum atomic E-state index is 12.9. The van der Waals surface area contributed by atoms with Crippen molar-refractivity contribution in [1.82, 2.24) is 14.2 Å². The molecule has 0 atom stereocenters. The Labute approximate surface area is 183 Å². The zero-order valence-electron chi connectivity index (χ0n) is 18.3. The Balaban J connectivity index is 1.66. The van der Waals surface area contributed by atoms with Crippen LogP contribution in [0.2, 0.25) is 0 Å². The number of aryl methyl sites for hydroxylation is 2. The van der Waals surface area contributed by atoms with Crippen molar-refractivity contribution < 1.29 is 18.0 Å². The van der Waals surface area contributed by atoms with Gasteiger partial charge in [-0.3, -0.25) is 9.59 Å². The molecule has 2 heterocycles. The second-order valence-corrected chi connectivity index (χ2v) is 10.1. The Morgan fingerprint density at radius 1 is 1.10 bits per heavy atom. The molecular weight excluding hydrogens is 416 g/mol. The maximum absolute atomic E-state index is 12.9. The summed E-state index contributed by atoms with van der Waals surface area (Å²) >= 11 is 0. The quantitative estimate of drug-likeness (QED) is 0.712. The summed E-state index contributed by atoms with van der Waals surface area (Å²) in [5.41, 5.74) is 2.87. The molecule has 2 aromatic rings. The number of hydrogen-bond donors (Lipinski definition) is 2. The minimum atomic E-state index is -3.92. The number of nitrogens with one attached hydrogen (secondary N) is 2. The van der Waals surface area contributed by atoms with Gasteiger partial charge in [0.1, 0.15) is 10.6 Å². The largest absolute Gasteiger partial charge is 0.356 e. The van der Waals surface area contributed by atoms with Crippen LogP contribution >= 0.6 is 0 Å². The van der Waals surface area contributed by atoms with Crippen molar-refractivity contribution in [3.05, 3.63) is 47.3 Å². The number of sulfonamides is 1. The van der Waals surface area contributed by atoms with Gasteiger partial charge in [0.15, 0.2) is 0 Å². The number of nitrogens with zero attached hydrogens (tertiary/aromatic N) is 2. The van der Waals surface area contributed by atoms with E-state index in [2.05, 4.69) is 10.3 Å². The summed E-state index contributed by atoms with van der Waals surface area (Å²) in [7, 11) is -2.58. The Morgan fingerprint density at radius 3 is 2.42 bits per heavy atom. The number of hydrogen-bond acceptors (Lipinski definition) is 4.